The molecule has 2 atom stereocenters. The fraction of sp³-hybridized carbons (Fsp3) is 0.125. The van der Waals surface area contributed by atoms with E-state index in [2.05, 4.69) is 5.10 Å². The molecule has 31 heavy (non-hydrogen) atoms. The number of fused-ring (bicyclic) bond motifs is 1. The lowest BCUT2D eigenvalue weighted by molar-refractivity contribution is -0.121. The molecule has 0 spiro atoms. The Bertz CT molecular complexity index is 1190. The molecule has 0 radical (unpaired) electrons. The molecule has 1 fully saturated rings. The second kappa shape index (κ2) is 7.36. The number of carbonyl (C=O) groups is 2. The predicted molar refractivity (Wildman–Crippen MR) is 115 cm³/mol. The van der Waals surface area contributed by atoms with Crippen molar-refractivity contribution in [2.24, 2.45) is 11.0 Å². The number of hydrogen-bond donors (Lipinski definition) is 0. The van der Waals surface area contributed by atoms with E-state index in [9.17, 15) is 14.0 Å². The second-order valence-corrected chi connectivity index (χ2v) is 7.31. The molecule has 2 amide bonds. The first-order valence-corrected chi connectivity index (χ1v) is 9.79. The molecule has 3 aromatic carbocycles. The summed E-state index contributed by atoms with van der Waals surface area (Å²) >= 11 is 0. The van der Waals surface area contributed by atoms with Crippen molar-refractivity contribution in [3.8, 4) is 5.75 Å². The van der Waals surface area contributed by atoms with Crippen LogP contribution in [0, 0.1) is 11.7 Å². The van der Waals surface area contributed by atoms with Gasteiger partial charge in [-0.15, -0.1) is 0 Å². The highest BCUT2D eigenvalue weighted by Gasteiger charge is 2.57. The minimum Gasteiger partial charge on any atom is -0.497 e. The van der Waals surface area contributed by atoms with Crippen LogP contribution in [0.5, 0.6) is 5.75 Å². The molecule has 0 aliphatic carbocycles. The molecule has 2 heterocycles. The summed E-state index contributed by atoms with van der Waals surface area (Å²) < 4.78 is 19.0. The van der Waals surface area contributed by atoms with Crippen LogP contribution in [-0.4, -0.2) is 30.7 Å². The Morgan fingerprint density at radius 2 is 1.58 bits per heavy atom. The minimum absolute atomic E-state index is 0.214. The number of anilines is 2. The van der Waals surface area contributed by atoms with Crippen molar-refractivity contribution >= 4 is 28.9 Å². The maximum absolute atomic E-state index is 13.8. The Morgan fingerprint density at radius 3 is 2.26 bits per heavy atom. The third-order valence-corrected chi connectivity index (χ3v) is 5.52. The van der Waals surface area contributed by atoms with Crippen LogP contribution in [0.4, 0.5) is 15.8 Å². The van der Waals surface area contributed by atoms with Crippen molar-refractivity contribution in [2.45, 2.75) is 6.04 Å². The number of hydrogen-bond acceptors (Lipinski definition) is 5. The number of para-hydroxylation sites is 1. The quantitative estimate of drug-likeness (QED) is 0.611. The van der Waals surface area contributed by atoms with Gasteiger partial charge < -0.3 is 4.74 Å². The van der Waals surface area contributed by atoms with Crippen LogP contribution in [-0.2, 0) is 9.59 Å². The number of carbonyl (C=O) groups excluding carboxylic acids is 2. The first kappa shape index (κ1) is 19.0. The van der Waals surface area contributed by atoms with Gasteiger partial charge in [0.25, 0.3) is 5.91 Å². The highest BCUT2D eigenvalue weighted by atomic mass is 19.1. The monoisotopic (exact) mass is 415 g/mol. The van der Waals surface area contributed by atoms with E-state index in [1.54, 1.807) is 30.3 Å². The summed E-state index contributed by atoms with van der Waals surface area (Å²) in [6, 6.07) is 21.1. The van der Waals surface area contributed by atoms with Gasteiger partial charge in [-0.2, -0.15) is 5.10 Å². The largest absolute Gasteiger partial charge is 0.497 e. The van der Waals surface area contributed by atoms with E-state index in [1.165, 1.54) is 18.2 Å². The molecule has 7 heteroatoms. The van der Waals surface area contributed by atoms with E-state index in [4.69, 9.17) is 4.74 Å². The molecule has 6 nitrogen and oxygen atoms in total. The van der Waals surface area contributed by atoms with Crippen molar-refractivity contribution < 1.29 is 18.7 Å². The van der Waals surface area contributed by atoms with Gasteiger partial charge in [-0.1, -0.05) is 24.3 Å². The molecule has 1 saturated heterocycles. The lowest BCUT2D eigenvalue weighted by Crippen LogP contribution is -2.39. The fourth-order valence-electron chi connectivity index (χ4n) is 4.08. The molecule has 0 aromatic heterocycles. The molecular formula is C24H18FN3O3. The van der Waals surface area contributed by atoms with Crippen molar-refractivity contribution in [3.63, 3.8) is 0 Å². The number of amides is 2. The summed E-state index contributed by atoms with van der Waals surface area (Å²) in [6.07, 6.45) is 0. The molecule has 2 aliphatic rings. The topological polar surface area (TPSA) is 62.2 Å². The van der Waals surface area contributed by atoms with Gasteiger partial charge in [-0.25, -0.2) is 9.29 Å². The lowest BCUT2D eigenvalue weighted by Gasteiger charge is -2.22. The number of ether oxygens (including phenoxy) is 1. The first-order valence-electron chi connectivity index (χ1n) is 9.79. The van der Waals surface area contributed by atoms with E-state index in [1.807, 2.05) is 42.5 Å². The molecule has 3 aromatic rings. The Hall–Kier alpha value is -4.00. The lowest BCUT2D eigenvalue weighted by atomic mass is 9.93. The van der Waals surface area contributed by atoms with Crippen molar-refractivity contribution in [1.82, 2.24) is 0 Å². The number of rotatable bonds is 4. The Kier molecular flexibility index (Phi) is 4.51. The summed E-state index contributed by atoms with van der Waals surface area (Å²) in [7, 11) is 1.57. The maximum Gasteiger partial charge on any atom is 0.259 e. The number of benzene rings is 3. The average Bonchev–Trinajstić information content (AvgIpc) is 3.31. The van der Waals surface area contributed by atoms with Gasteiger partial charge in [0.2, 0.25) is 5.91 Å². The molecule has 0 N–H and O–H groups in total. The summed E-state index contributed by atoms with van der Waals surface area (Å²) in [6.45, 7) is 0. The van der Waals surface area contributed by atoms with Gasteiger partial charge in [0.1, 0.15) is 23.5 Å². The van der Waals surface area contributed by atoms with E-state index in [-0.39, 0.29) is 5.69 Å². The summed E-state index contributed by atoms with van der Waals surface area (Å²) in [5, 5.41) is 6.27. The highest BCUT2D eigenvalue weighted by molar-refractivity contribution is 6.34. The molecule has 0 saturated carbocycles. The standard InChI is InChI=1S/C24H18FN3O3/c1-31-19-12-10-15(11-13-19)21-20-22(28(26-21)17-7-3-2-4-8-17)24(30)27(23(20)29)18-9-5-6-16(25)14-18/h2-14,20,22H,1H3/t20-,22+/m1/s1. The van der Waals surface area contributed by atoms with Crippen LogP contribution in [0.3, 0.4) is 0 Å². The van der Waals surface area contributed by atoms with Crippen molar-refractivity contribution in [1.29, 1.82) is 0 Å². The van der Waals surface area contributed by atoms with Gasteiger partial charge in [0, 0.05) is 0 Å². The van der Waals surface area contributed by atoms with Crippen LogP contribution in [0.15, 0.2) is 84.0 Å². The normalized spacial score (nSPS) is 20.1. The zero-order valence-electron chi connectivity index (χ0n) is 16.6. The molecule has 0 unspecified atom stereocenters. The third kappa shape index (κ3) is 3.06. The van der Waals surface area contributed by atoms with Crippen molar-refractivity contribution in [2.75, 3.05) is 17.0 Å². The highest BCUT2D eigenvalue weighted by Crippen LogP contribution is 2.39. The van der Waals surface area contributed by atoms with Crippen LogP contribution < -0.4 is 14.6 Å². The SMILES string of the molecule is COc1ccc(C2=NN(c3ccccc3)[C@@H]3C(=O)N(c4cccc(F)c4)C(=O)[C@H]23)cc1. The van der Waals surface area contributed by atoms with Gasteiger partial charge in [0.05, 0.1) is 24.2 Å². The Labute approximate surface area is 178 Å². The summed E-state index contributed by atoms with van der Waals surface area (Å²) in [4.78, 5) is 27.9. The number of imide groups is 1. The number of methoxy groups -OCH3 is 1. The fourth-order valence-corrected chi connectivity index (χ4v) is 4.08. The van der Waals surface area contributed by atoms with E-state index < -0.39 is 29.6 Å². The third-order valence-electron chi connectivity index (χ3n) is 5.52. The molecule has 0 bridgehead atoms. The van der Waals surface area contributed by atoms with E-state index >= 15 is 0 Å². The number of nitrogens with zero attached hydrogens (tertiary/aromatic N) is 3. The number of halogens is 1. The van der Waals surface area contributed by atoms with E-state index in [0.717, 1.165) is 10.5 Å². The molecule has 2 aliphatic heterocycles. The molecule has 5 rings (SSSR count). The number of hydrazone groups is 1. The Balaban J connectivity index is 1.62. The zero-order valence-corrected chi connectivity index (χ0v) is 16.6. The summed E-state index contributed by atoms with van der Waals surface area (Å²) in [5.74, 6) is -1.50. The van der Waals surface area contributed by atoms with Crippen LogP contribution >= 0.6 is 0 Å². The first-order chi connectivity index (χ1) is 15.1. The van der Waals surface area contributed by atoms with Crippen LogP contribution in [0.2, 0.25) is 0 Å². The second-order valence-electron chi connectivity index (χ2n) is 7.31. The Morgan fingerprint density at radius 1 is 0.871 bits per heavy atom. The molecular weight excluding hydrogens is 397 g/mol. The van der Waals surface area contributed by atoms with Crippen LogP contribution in [0.25, 0.3) is 0 Å². The summed E-state index contributed by atoms with van der Waals surface area (Å²) in [5.41, 5.74) is 2.12. The molecule has 154 valence electrons. The van der Waals surface area contributed by atoms with Gasteiger partial charge in [0.15, 0.2) is 0 Å². The van der Waals surface area contributed by atoms with E-state index in [0.29, 0.717) is 17.1 Å². The van der Waals surface area contributed by atoms with Gasteiger partial charge in [-0.05, 0) is 60.2 Å². The van der Waals surface area contributed by atoms with Crippen molar-refractivity contribution in [3.05, 3.63) is 90.2 Å². The smallest absolute Gasteiger partial charge is 0.259 e. The van der Waals surface area contributed by atoms with Gasteiger partial charge in [-0.3, -0.25) is 14.6 Å². The van der Waals surface area contributed by atoms with Gasteiger partial charge >= 0.3 is 0 Å². The van der Waals surface area contributed by atoms with Crippen LogP contribution in [0.1, 0.15) is 5.56 Å². The maximum atomic E-state index is 13.8. The minimum atomic E-state index is -0.838. The average molecular weight is 415 g/mol. The predicted octanol–water partition coefficient (Wildman–Crippen LogP) is 3.62. The zero-order chi connectivity index (χ0) is 21.5.